The second-order valence-corrected chi connectivity index (χ2v) is 5.65. The Morgan fingerprint density at radius 1 is 1.32 bits per heavy atom. The smallest absolute Gasteiger partial charge is 0.228 e. The van der Waals surface area contributed by atoms with Crippen LogP contribution in [-0.2, 0) is 22.5 Å². The molecule has 1 amide bonds. The zero-order valence-corrected chi connectivity index (χ0v) is 12.6. The average Bonchev–Trinajstić information content (AvgIpc) is 2.96. The van der Waals surface area contributed by atoms with E-state index >= 15 is 0 Å². The Balaban J connectivity index is 1.51. The molecule has 1 atom stereocenters. The molecule has 0 spiro atoms. The molecule has 1 aromatic carbocycles. The summed E-state index contributed by atoms with van der Waals surface area (Å²) in [6.07, 6.45) is 7.60. The zero-order chi connectivity index (χ0) is 15.2. The largest absolute Gasteiger partial charge is 0.376 e. The van der Waals surface area contributed by atoms with E-state index in [1.165, 1.54) is 6.42 Å². The van der Waals surface area contributed by atoms with E-state index in [1.807, 2.05) is 41.2 Å². The van der Waals surface area contributed by atoms with Crippen molar-refractivity contribution in [3.8, 4) is 0 Å². The number of benzene rings is 1. The van der Waals surface area contributed by atoms with Gasteiger partial charge in [-0.1, -0.05) is 30.3 Å². The third kappa shape index (κ3) is 4.18. The first kappa shape index (κ1) is 14.8. The molecule has 1 fully saturated rings. The number of nitrogens with zero attached hydrogens (tertiary/aromatic N) is 2. The molecule has 1 saturated heterocycles. The molecule has 0 aliphatic carbocycles. The Morgan fingerprint density at radius 3 is 2.95 bits per heavy atom. The maximum atomic E-state index is 12.0. The van der Waals surface area contributed by atoms with Crippen LogP contribution in [0.25, 0.3) is 0 Å². The second kappa shape index (κ2) is 7.22. The van der Waals surface area contributed by atoms with Crippen LogP contribution >= 0.6 is 0 Å². The third-order valence-electron chi connectivity index (χ3n) is 3.79. The number of aromatic nitrogens is 2. The summed E-state index contributed by atoms with van der Waals surface area (Å²) in [6.45, 7) is 1.58. The topological polar surface area (TPSA) is 56.2 Å². The molecule has 0 bridgehead atoms. The minimum atomic E-state index is -0.0281. The Morgan fingerprint density at radius 2 is 2.18 bits per heavy atom. The van der Waals surface area contributed by atoms with Crippen molar-refractivity contribution < 1.29 is 9.53 Å². The van der Waals surface area contributed by atoms with Crippen molar-refractivity contribution in [2.45, 2.75) is 38.3 Å². The normalized spacial score (nSPS) is 18.1. The van der Waals surface area contributed by atoms with Gasteiger partial charge in [-0.3, -0.25) is 9.48 Å². The van der Waals surface area contributed by atoms with E-state index in [4.69, 9.17) is 4.74 Å². The Bertz CT molecular complexity index is 603. The van der Waals surface area contributed by atoms with Crippen LogP contribution in [0.3, 0.4) is 0 Å². The quantitative estimate of drug-likeness (QED) is 0.923. The van der Waals surface area contributed by atoms with Gasteiger partial charge in [0.1, 0.15) is 0 Å². The van der Waals surface area contributed by atoms with Crippen LogP contribution in [0.4, 0.5) is 5.69 Å². The van der Waals surface area contributed by atoms with Gasteiger partial charge >= 0.3 is 0 Å². The van der Waals surface area contributed by atoms with Gasteiger partial charge in [0.25, 0.3) is 0 Å². The molecule has 2 heterocycles. The molecule has 2 aromatic rings. The van der Waals surface area contributed by atoms with Crippen molar-refractivity contribution in [1.82, 2.24) is 9.78 Å². The van der Waals surface area contributed by atoms with E-state index in [-0.39, 0.29) is 12.0 Å². The summed E-state index contributed by atoms with van der Waals surface area (Å²) in [6, 6.07) is 9.71. The first-order valence-electron chi connectivity index (χ1n) is 7.77. The fourth-order valence-corrected chi connectivity index (χ4v) is 2.67. The van der Waals surface area contributed by atoms with Gasteiger partial charge in [-0.05, 0) is 24.8 Å². The summed E-state index contributed by atoms with van der Waals surface area (Å²) in [5, 5.41) is 7.18. The molecular formula is C17H21N3O2. The zero-order valence-electron chi connectivity index (χ0n) is 12.6. The highest BCUT2D eigenvalue weighted by Crippen LogP contribution is 2.15. The van der Waals surface area contributed by atoms with Crippen molar-refractivity contribution >= 4 is 11.6 Å². The molecule has 1 aliphatic heterocycles. The van der Waals surface area contributed by atoms with Crippen LogP contribution in [-0.4, -0.2) is 28.4 Å². The van der Waals surface area contributed by atoms with Gasteiger partial charge in [0, 0.05) is 12.8 Å². The summed E-state index contributed by atoms with van der Waals surface area (Å²) in [4.78, 5) is 12.0. The molecule has 3 rings (SSSR count). The number of amides is 1. The maximum absolute atomic E-state index is 12.0. The molecule has 0 saturated carbocycles. The number of anilines is 1. The molecule has 5 nitrogen and oxygen atoms in total. The Kier molecular flexibility index (Phi) is 4.85. The van der Waals surface area contributed by atoms with Gasteiger partial charge < -0.3 is 10.1 Å². The van der Waals surface area contributed by atoms with Crippen LogP contribution in [0.2, 0.25) is 0 Å². The molecule has 1 aliphatic rings. The molecule has 0 unspecified atom stereocenters. The molecule has 1 aromatic heterocycles. The first-order chi connectivity index (χ1) is 10.8. The maximum Gasteiger partial charge on any atom is 0.228 e. The van der Waals surface area contributed by atoms with Crippen molar-refractivity contribution in [3.05, 3.63) is 48.3 Å². The second-order valence-electron chi connectivity index (χ2n) is 5.65. The number of carbonyl (C=O) groups excluding carboxylic acids is 1. The number of carbonyl (C=O) groups is 1. The van der Waals surface area contributed by atoms with E-state index in [0.29, 0.717) is 6.42 Å². The van der Waals surface area contributed by atoms with Crippen molar-refractivity contribution in [1.29, 1.82) is 0 Å². The SMILES string of the molecule is O=C(Cc1ccccc1)Nc1cnn(C[C@H]2CCCCO2)c1. The Labute approximate surface area is 130 Å². The number of hydrogen-bond donors (Lipinski definition) is 1. The molecule has 5 heteroatoms. The predicted molar refractivity (Wildman–Crippen MR) is 84.6 cm³/mol. The van der Waals surface area contributed by atoms with E-state index < -0.39 is 0 Å². The summed E-state index contributed by atoms with van der Waals surface area (Å²) >= 11 is 0. The standard InChI is InChI=1S/C17H21N3O2/c21-17(10-14-6-2-1-3-7-14)19-15-11-18-20(12-15)13-16-8-4-5-9-22-16/h1-3,6-7,11-12,16H,4-5,8-10,13H2,(H,19,21)/t16-/m1/s1. The van der Waals surface area contributed by atoms with Crippen LogP contribution in [0.15, 0.2) is 42.7 Å². The fourth-order valence-electron chi connectivity index (χ4n) is 2.67. The number of hydrogen-bond acceptors (Lipinski definition) is 3. The lowest BCUT2D eigenvalue weighted by atomic mass is 10.1. The lowest BCUT2D eigenvalue weighted by Crippen LogP contribution is -2.24. The van der Waals surface area contributed by atoms with Crippen molar-refractivity contribution in [3.63, 3.8) is 0 Å². The minimum Gasteiger partial charge on any atom is -0.376 e. The fraction of sp³-hybridized carbons (Fsp3) is 0.412. The van der Waals surface area contributed by atoms with E-state index in [0.717, 1.165) is 37.2 Å². The average molecular weight is 299 g/mol. The highest BCUT2D eigenvalue weighted by Gasteiger charge is 2.15. The van der Waals surface area contributed by atoms with Crippen LogP contribution in [0, 0.1) is 0 Å². The molecule has 1 N–H and O–H groups in total. The first-order valence-corrected chi connectivity index (χ1v) is 7.77. The summed E-state index contributed by atoms with van der Waals surface area (Å²) in [7, 11) is 0. The van der Waals surface area contributed by atoms with Crippen LogP contribution in [0.5, 0.6) is 0 Å². The number of ether oxygens (including phenoxy) is 1. The molecule has 22 heavy (non-hydrogen) atoms. The summed E-state index contributed by atoms with van der Waals surface area (Å²) in [5.74, 6) is -0.0281. The van der Waals surface area contributed by atoms with E-state index in [2.05, 4.69) is 10.4 Å². The van der Waals surface area contributed by atoms with Gasteiger partial charge in [-0.25, -0.2) is 0 Å². The van der Waals surface area contributed by atoms with Gasteiger partial charge in [-0.15, -0.1) is 0 Å². The number of rotatable bonds is 5. The van der Waals surface area contributed by atoms with Gasteiger partial charge in [0.2, 0.25) is 5.91 Å². The summed E-state index contributed by atoms with van der Waals surface area (Å²) < 4.78 is 7.54. The number of nitrogens with one attached hydrogen (secondary N) is 1. The highest BCUT2D eigenvalue weighted by atomic mass is 16.5. The molecular weight excluding hydrogens is 278 g/mol. The van der Waals surface area contributed by atoms with Gasteiger partial charge in [0.05, 0.1) is 31.0 Å². The monoisotopic (exact) mass is 299 g/mol. The van der Waals surface area contributed by atoms with Crippen LogP contribution in [0.1, 0.15) is 24.8 Å². The van der Waals surface area contributed by atoms with Crippen molar-refractivity contribution in [2.75, 3.05) is 11.9 Å². The Hall–Kier alpha value is -2.14. The summed E-state index contributed by atoms with van der Waals surface area (Å²) in [5.41, 5.74) is 1.74. The van der Waals surface area contributed by atoms with Crippen molar-refractivity contribution in [2.24, 2.45) is 0 Å². The van der Waals surface area contributed by atoms with E-state index in [9.17, 15) is 4.79 Å². The van der Waals surface area contributed by atoms with E-state index in [1.54, 1.807) is 6.20 Å². The minimum absolute atomic E-state index is 0.0281. The highest BCUT2D eigenvalue weighted by molar-refractivity contribution is 5.91. The van der Waals surface area contributed by atoms with Gasteiger partial charge in [-0.2, -0.15) is 5.10 Å². The lowest BCUT2D eigenvalue weighted by Gasteiger charge is -2.22. The lowest BCUT2D eigenvalue weighted by molar-refractivity contribution is -0.115. The van der Waals surface area contributed by atoms with Crippen LogP contribution < -0.4 is 5.32 Å². The third-order valence-corrected chi connectivity index (χ3v) is 3.79. The molecule has 116 valence electrons. The predicted octanol–water partition coefficient (Wildman–Crippen LogP) is 2.63. The molecule has 0 radical (unpaired) electrons. The van der Waals surface area contributed by atoms with Gasteiger partial charge in [0.15, 0.2) is 0 Å².